The number of halogens is 2. The van der Waals surface area contributed by atoms with Gasteiger partial charge in [0, 0.05) is 55.3 Å². The van der Waals surface area contributed by atoms with Gasteiger partial charge in [0.15, 0.2) is 5.96 Å². The molecule has 0 atom stereocenters. The van der Waals surface area contributed by atoms with Gasteiger partial charge >= 0.3 is 0 Å². The van der Waals surface area contributed by atoms with E-state index in [4.69, 9.17) is 0 Å². The number of nitrogens with zero attached hydrogens (tertiary/aromatic N) is 2. The Labute approximate surface area is 188 Å². The van der Waals surface area contributed by atoms with Gasteiger partial charge < -0.3 is 20.9 Å². The second-order valence-electron chi connectivity index (χ2n) is 6.85. The largest absolute Gasteiger partial charge is 0.356 e. The molecule has 1 heterocycles. The number of rotatable bonds is 6. The first-order valence-electron chi connectivity index (χ1n) is 9.24. The lowest BCUT2D eigenvalue weighted by Gasteiger charge is -2.35. The summed E-state index contributed by atoms with van der Waals surface area (Å²) in [5.41, 5.74) is 0.803. The summed E-state index contributed by atoms with van der Waals surface area (Å²) in [6, 6.07) is 8.61. The molecule has 1 fully saturated rings. The van der Waals surface area contributed by atoms with E-state index in [1.165, 1.54) is 0 Å². The number of amides is 1. The summed E-state index contributed by atoms with van der Waals surface area (Å²) in [4.78, 5) is 18.8. The fourth-order valence-electron chi connectivity index (χ4n) is 3.00. The molecule has 1 saturated heterocycles. The molecule has 0 spiro atoms. The highest BCUT2D eigenvalue weighted by Gasteiger charge is 2.21. The molecule has 8 heteroatoms. The Kier molecular flexibility index (Phi) is 11.2. The molecule has 0 unspecified atom stereocenters. The van der Waals surface area contributed by atoms with Crippen LogP contribution in [-0.4, -0.2) is 55.5 Å². The molecular weight excluding hydrogens is 521 g/mol. The summed E-state index contributed by atoms with van der Waals surface area (Å²) in [5, 5.41) is 9.60. The molecule has 0 radical (unpaired) electrons. The molecule has 0 aromatic heterocycles. The fraction of sp³-hybridized carbons (Fsp3) is 0.579. The number of nitrogens with one attached hydrogen (secondary N) is 3. The second-order valence-corrected chi connectivity index (χ2v) is 7.77. The summed E-state index contributed by atoms with van der Waals surface area (Å²) < 4.78 is 0.992. The van der Waals surface area contributed by atoms with Crippen molar-refractivity contribution in [1.82, 2.24) is 15.5 Å². The zero-order valence-corrected chi connectivity index (χ0v) is 20.2. The summed E-state index contributed by atoms with van der Waals surface area (Å²) >= 11 is 3.38. The smallest absolute Gasteiger partial charge is 0.226 e. The van der Waals surface area contributed by atoms with Crippen LogP contribution in [0.15, 0.2) is 33.7 Å². The Morgan fingerprint density at radius 3 is 2.44 bits per heavy atom. The van der Waals surface area contributed by atoms with Crippen molar-refractivity contribution in [2.75, 3.05) is 32.0 Å². The summed E-state index contributed by atoms with van der Waals surface area (Å²) in [7, 11) is 1.76. The number of likely N-dealkylation sites (tertiary alicyclic amines) is 1. The Morgan fingerprint density at radius 2 is 1.89 bits per heavy atom. The van der Waals surface area contributed by atoms with E-state index in [1.807, 2.05) is 24.3 Å². The summed E-state index contributed by atoms with van der Waals surface area (Å²) in [6.07, 6.45) is 2.62. The molecule has 3 N–H and O–H groups in total. The minimum absolute atomic E-state index is 0. The lowest BCUT2D eigenvalue weighted by molar-refractivity contribution is -0.116. The molecule has 0 bridgehead atoms. The van der Waals surface area contributed by atoms with E-state index < -0.39 is 0 Å². The molecule has 6 nitrogen and oxygen atoms in total. The maximum Gasteiger partial charge on any atom is 0.226 e. The van der Waals surface area contributed by atoms with Crippen LogP contribution in [0, 0.1) is 0 Å². The van der Waals surface area contributed by atoms with E-state index in [9.17, 15) is 4.79 Å². The molecule has 1 aromatic carbocycles. The summed E-state index contributed by atoms with van der Waals surface area (Å²) in [6.45, 7) is 7.26. The van der Waals surface area contributed by atoms with E-state index >= 15 is 0 Å². The molecule has 152 valence electrons. The van der Waals surface area contributed by atoms with Crippen LogP contribution in [0.4, 0.5) is 5.69 Å². The summed E-state index contributed by atoms with van der Waals surface area (Å²) in [5.74, 6) is 0.755. The lowest BCUT2D eigenvalue weighted by atomic mass is 10.0. The maximum atomic E-state index is 12.0. The first-order valence-corrected chi connectivity index (χ1v) is 10.0. The number of aliphatic imine (C=N–C) groups is 1. The van der Waals surface area contributed by atoms with Crippen LogP contribution >= 0.6 is 39.9 Å². The van der Waals surface area contributed by atoms with Gasteiger partial charge in [0.1, 0.15) is 0 Å². The van der Waals surface area contributed by atoms with E-state index in [1.54, 1.807) is 7.05 Å². The van der Waals surface area contributed by atoms with Gasteiger partial charge in [-0.3, -0.25) is 9.79 Å². The average molecular weight is 552 g/mol. The van der Waals surface area contributed by atoms with Gasteiger partial charge in [-0.15, -0.1) is 24.0 Å². The van der Waals surface area contributed by atoms with Gasteiger partial charge in [0.2, 0.25) is 5.91 Å². The number of hydrogen-bond acceptors (Lipinski definition) is 3. The van der Waals surface area contributed by atoms with Crippen LogP contribution in [0.2, 0.25) is 0 Å². The monoisotopic (exact) mass is 551 g/mol. The number of hydrogen-bond donors (Lipinski definition) is 3. The van der Waals surface area contributed by atoms with Crippen molar-refractivity contribution in [2.24, 2.45) is 4.99 Å². The predicted molar refractivity (Wildman–Crippen MR) is 127 cm³/mol. The topological polar surface area (TPSA) is 68.8 Å². The van der Waals surface area contributed by atoms with Crippen molar-refractivity contribution in [1.29, 1.82) is 0 Å². The van der Waals surface area contributed by atoms with Crippen molar-refractivity contribution in [3.63, 3.8) is 0 Å². The second kappa shape index (κ2) is 12.6. The number of benzene rings is 1. The van der Waals surface area contributed by atoms with E-state index in [0.29, 0.717) is 25.0 Å². The van der Waals surface area contributed by atoms with Crippen molar-refractivity contribution in [2.45, 2.75) is 45.2 Å². The minimum atomic E-state index is -0.0134. The van der Waals surface area contributed by atoms with E-state index in [2.05, 4.69) is 55.6 Å². The normalized spacial score (nSPS) is 16.0. The highest BCUT2D eigenvalue weighted by atomic mass is 127. The third-order valence-corrected chi connectivity index (χ3v) is 5.13. The number of piperidine rings is 1. The van der Waals surface area contributed by atoms with Gasteiger partial charge in [-0.05, 0) is 51.0 Å². The minimum Gasteiger partial charge on any atom is -0.356 e. The Morgan fingerprint density at radius 1 is 1.26 bits per heavy atom. The lowest BCUT2D eigenvalue weighted by Crippen LogP contribution is -2.50. The van der Waals surface area contributed by atoms with Crippen molar-refractivity contribution in [3.05, 3.63) is 28.7 Å². The van der Waals surface area contributed by atoms with Crippen molar-refractivity contribution >= 4 is 57.5 Å². The van der Waals surface area contributed by atoms with Gasteiger partial charge in [0.25, 0.3) is 0 Å². The third-order valence-electron chi connectivity index (χ3n) is 4.60. The van der Waals surface area contributed by atoms with Crippen LogP contribution in [0.5, 0.6) is 0 Å². The first kappa shape index (κ1) is 24.2. The van der Waals surface area contributed by atoms with Crippen LogP contribution < -0.4 is 16.0 Å². The molecule has 1 amide bonds. The quantitative estimate of drug-likeness (QED) is 0.288. The van der Waals surface area contributed by atoms with Crippen molar-refractivity contribution < 1.29 is 4.79 Å². The molecule has 0 saturated carbocycles. The molecule has 27 heavy (non-hydrogen) atoms. The average Bonchev–Trinajstić information content (AvgIpc) is 2.63. The predicted octanol–water partition coefficient (Wildman–Crippen LogP) is 3.43. The highest BCUT2D eigenvalue weighted by molar-refractivity contribution is 14.0. The molecular formula is C19H31BrIN5O. The Bertz CT molecular complexity index is 601. The highest BCUT2D eigenvalue weighted by Crippen LogP contribution is 2.14. The third kappa shape index (κ3) is 8.78. The number of anilines is 1. The van der Waals surface area contributed by atoms with E-state index in [0.717, 1.165) is 42.1 Å². The number of carbonyl (C=O) groups excluding carboxylic acids is 1. The molecule has 1 aliphatic heterocycles. The van der Waals surface area contributed by atoms with Gasteiger partial charge in [0.05, 0.1) is 0 Å². The first-order chi connectivity index (χ1) is 12.5. The van der Waals surface area contributed by atoms with Crippen LogP contribution in [-0.2, 0) is 4.79 Å². The Hall–Kier alpha value is -0.870. The number of carbonyl (C=O) groups is 1. The maximum absolute atomic E-state index is 12.0. The molecule has 0 aliphatic carbocycles. The van der Waals surface area contributed by atoms with E-state index in [-0.39, 0.29) is 29.9 Å². The Balaban J connectivity index is 0.00000364. The fourth-order valence-corrected chi connectivity index (χ4v) is 3.26. The molecule has 1 aromatic rings. The van der Waals surface area contributed by atoms with Gasteiger partial charge in [-0.1, -0.05) is 15.9 Å². The SMILES string of the molecule is CN=C(NCCC(=O)Nc1ccc(Br)cc1)NC1CCN(C(C)C)CC1.I. The van der Waals surface area contributed by atoms with Gasteiger partial charge in [-0.2, -0.15) is 0 Å². The van der Waals surface area contributed by atoms with Crippen molar-refractivity contribution in [3.8, 4) is 0 Å². The standard InChI is InChI=1S/C19H30BrN5O.HI/c1-14(2)25-12-9-17(10-13-25)24-19(21-3)22-11-8-18(26)23-16-6-4-15(20)5-7-16;/h4-7,14,17H,8-13H2,1-3H3,(H,23,26)(H2,21,22,24);1H. The van der Waals surface area contributed by atoms with Crippen LogP contribution in [0.1, 0.15) is 33.1 Å². The van der Waals surface area contributed by atoms with Crippen LogP contribution in [0.3, 0.4) is 0 Å². The van der Waals surface area contributed by atoms with Crippen LogP contribution in [0.25, 0.3) is 0 Å². The zero-order valence-electron chi connectivity index (χ0n) is 16.3. The number of guanidine groups is 1. The zero-order chi connectivity index (χ0) is 18.9. The molecule has 2 rings (SSSR count). The van der Waals surface area contributed by atoms with Gasteiger partial charge in [-0.25, -0.2) is 0 Å². The molecule has 1 aliphatic rings.